The van der Waals surface area contributed by atoms with Gasteiger partial charge in [-0.25, -0.2) is 4.39 Å². The number of benzene rings is 1. The van der Waals surface area contributed by atoms with Crippen LogP contribution in [0.4, 0.5) is 4.39 Å². The van der Waals surface area contributed by atoms with Crippen molar-refractivity contribution in [1.82, 2.24) is 5.06 Å². The molecule has 1 saturated heterocycles. The fourth-order valence-corrected chi connectivity index (χ4v) is 1.91. The first-order chi connectivity index (χ1) is 9.10. The second-order valence-electron chi connectivity index (χ2n) is 4.73. The highest BCUT2D eigenvalue weighted by Crippen LogP contribution is 2.32. The van der Waals surface area contributed by atoms with Gasteiger partial charge >= 0.3 is 0 Å². The SMILES string of the molecule is CS(=O)(=O)O.ON1CCC(O)(c2ccc(F)cc2)CC1. The van der Waals surface area contributed by atoms with Gasteiger partial charge in [0.2, 0.25) is 0 Å². The zero-order valence-corrected chi connectivity index (χ0v) is 11.8. The summed E-state index contributed by atoms with van der Waals surface area (Å²) in [6.07, 6.45) is 1.65. The summed E-state index contributed by atoms with van der Waals surface area (Å²) in [6, 6.07) is 5.89. The summed E-state index contributed by atoms with van der Waals surface area (Å²) in [5, 5.41) is 20.7. The number of hydrogen-bond acceptors (Lipinski definition) is 5. The molecule has 1 fully saturated rings. The first kappa shape index (κ1) is 17.0. The first-order valence-corrected chi connectivity index (χ1v) is 7.80. The van der Waals surface area contributed by atoms with Gasteiger partial charge in [-0.05, 0) is 30.5 Å². The summed E-state index contributed by atoms with van der Waals surface area (Å²) in [7, 11) is -3.67. The Bertz CT molecular complexity index is 515. The molecule has 2 rings (SSSR count). The smallest absolute Gasteiger partial charge is 0.261 e. The third kappa shape index (κ3) is 5.93. The predicted molar refractivity (Wildman–Crippen MR) is 70.4 cm³/mol. The lowest BCUT2D eigenvalue weighted by molar-refractivity contribution is -0.149. The van der Waals surface area contributed by atoms with Gasteiger partial charge < -0.3 is 10.3 Å². The molecule has 0 aliphatic carbocycles. The van der Waals surface area contributed by atoms with Crippen LogP contribution in [0.2, 0.25) is 0 Å². The van der Waals surface area contributed by atoms with Crippen LogP contribution < -0.4 is 0 Å². The standard InChI is InChI=1S/C11H14FNO2.CH4O3S/c12-10-3-1-9(2-4-10)11(14)5-7-13(15)8-6-11;1-5(2,3)4/h1-4,14-15H,5-8H2;1H3,(H,2,3,4). The van der Waals surface area contributed by atoms with E-state index < -0.39 is 15.7 Å². The minimum Gasteiger partial charge on any atom is -0.385 e. The Morgan fingerprint density at radius 3 is 2.00 bits per heavy atom. The van der Waals surface area contributed by atoms with Crippen LogP contribution in [0.1, 0.15) is 18.4 Å². The fourth-order valence-electron chi connectivity index (χ4n) is 1.91. The van der Waals surface area contributed by atoms with Crippen molar-refractivity contribution >= 4 is 10.1 Å². The Morgan fingerprint density at radius 1 is 1.20 bits per heavy atom. The molecule has 0 radical (unpaired) electrons. The fraction of sp³-hybridized carbons (Fsp3) is 0.500. The van der Waals surface area contributed by atoms with Gasteiger partial charge in [0.25, 0.3) is 10.1 Å². The largest absolute Gasteiger partial charge is 0.385 e. The molecule has 0 spiro atoms. The topological polar surface area (TPSA) is 98.1 Å². The van der Waals surface area contributed by atoms with E-state index in [1.807, 2.05) is 0 Å². The average Bonchev–Trinajstić information content (AvgIpc) is 2.32. The highest BCUT2D eigenvalue weighted by Gasteiger charge is 2.33. The summed E-state index contributed by atoms with van der Waals surface area (Å²) in [5.41, 5.74) is -0.204. The van der Waals surface area contributed by atoms with Gasteiger partial charge in [0, 0.05) is 13.1 Å². The van der Waals surface area contributed by atoms with Crippen LogP contribution in [0, 0.1) is 5.82 Å². The lowest BCUT2D eigenvalue weighted by Gasteiger charge is -2.35. The third-order valence-electron chi connectivity index (χ3n) is 2.95. The van der Waals surface area contributed by atoms with E-state index in [0.717, 1.165) is 5.56 Å². The molecule has 114 valence electrons. The van der Waals surface area contributed by atoms with Crippen LogP contribution in [-0.4, -0.2) is 47.7 Å². The summed E-state index contributed by atoms with van der Waals surface area (Å²) < 4.78 is 38.6. The maximum absolute atomic E-state index is 12.7. The molecular formula is C12H18FNO5S. The maximum atomic E-state index is 12.7. The molecule has 1 aliphatic heterocycles. The molecule has 0 bridgehead atoms. The van der Waals surface area contributed by atoms with Crippen LogP contribution in [-0.2, 0) is 15.7 Å². The van der Waals surface area contributed by atoms with Crippen molar-refractivity contribution in [2.75, 3.05) is 19.3 Å². The number of halogens is 1. The van der Waals surface area contributed by atoms with Gasteiger partial charge in [-0.1, -0.05) is 12.1 Å². The minimum absolute atomic E-state index is 0.304. The van der Waals surface area contributed by atoms with E-state index in [4.69, 9.17) is 4.55 Å². The minimum atomic E-state index is -3.67. The van der Waals surface area contributed by atoms with Gasteiger partial charge in [0.1, 0.15) is 5.82 Å². The molecule has 1 heterocycles. The van der Waals surface area contributed by atoms with Crippen molar-refractivity contribution in [3.63, 3.8) is 0 Å². The molecule has 3 N–H and O–H groups in total. The molecule has 6 nitrogen and oxygen atoms in total. The van der Waals surface area contributed by atoms with Crippen LogP contribution in [0.5, 0.6) is 0 Å². The molecule has 8 heteroatoms. The van der Waals surface area contributed by atoms with Crippen LogP contribution in [0.15, 0.2) is 24.3 Å². The Hall–Kier alpha value is -1.06. The van der Waals surface area contributed by atoms with Crippen molar-refractivity contribution in [1.29, 1.82) is 0 Å². The van der Waals surface area contributed by atoms with E-state index in [1.165, 1.54) is 17.2 Å². The van der Waals surface area contributed by atoms with Gasteiger partial charge in [0.15, 0.2) is 0 Å². The van der Waals surface area contributed by atoms with E-state index in [-0.39, 0.29) is 5.82 Å². The highest BCUT2D eigenvalue weighted by molar-refractivity contribution is 7.85. The molecular weight excluding hydrogens is 289 g/mol. The van der Waals surface area contributed by atoms with Crippen molar-refractivity contribution in [3.05, 3.63) is 35.6 Å². The number of rotatable bonds is 1. The van der Waals surface area contributed by atoms with E-state index in [9.17, 15) is 23.1 Å². The first-order valence-electron chi connectivity index (χ1n) is 5.95. The quantitative estimate of drug-likeness (QED) is 0.670. The van der Waals surface area contributed by atoms with Crippen LogP contribution >= 0.6 is 0 Å². The molecule has 0 saturated carbocycles. The molecule has 0 aromatic heterocycles. The Balaban J connectivity index is 0.000000347. The number of piperidine rings is 1. The Labute approximate surface area is 117 Å². The Kier molecular flexibility index (Phi) is 5.60. The van der Waals surface area contributed by atoms with E-state index in [2.05, 4.69) is 0 Å². The molecule has 0 unspecified atom stereocenters. The highest BCUT2D eigenvalue weighted by atomic mass is 32.2. The molecule has 1 aliphatic rings. The second-order valence-corrected chi connectivity index (χ2v) is 6.19. The van der Waals surface area contributed by atoms with E-state index >= 15 is 0 Å². The van der Waals surface area contributed by atoms with Crippen LogP contribution in [0.3, 0.4) is 0 Å². The average molecular weight is 307 g/mol. The zero-order valence-electron chi connectivity index (χ0n) is 11.0. The summed E-state index contributed by atoms with van der Waals surface area (Å²) in [4.78, 5) is 0. The number of aliphatic hydroxyl groups is 1. The van der Waals surface area contributed by atoms with E-state index in [1.54, 1.807) is 12.1 Å². The monoisotopic (exact) mass is 307 g/mol. The molecule has 1 aromatic rings. The third-order valence-corrected chi connectivity index (χ3v) is 2.95. The normalized spacial score (nSPS) is 19.1. The van der Waals surface area contributed by atoms with Gasteiger partial charge in [-0.15, -0.1) is 0 Å². The van der Waals surface area contributed by atoms with Gasteiger partial charge in [-0.2, -0.15) is 13.5 Å². The molecule has 0 atom stereocenters. The second kappa shape index (κ2) is 6.59. The maximum Gasteiger partial charge on any atom is 0.261 e. The number of nitrogens with zero attached hydrogens (tertiary/aromatic N) is 1. The van der Waals surface area contributed by atoms with Crippen LogP contribution in [0.25, 0.3) is 0 Å². The molecule has 20 heavy (non-hydrogen) atoms. The van der Waals surface area contributed by atoms with Gasteiger partial charge in [-0.3, -0.25) is 4.55 Å². The zero-order chi connectivity index (χ0) is 15.4. The molecule has 1 aromatic carbocycles. The predicted octanol–water partition coefficient (Wildman–Crippen LogP) is 1.00. The van der Waals surface area contributed by atoms with Crippen molar-refractivity contribution in [3.8, 4) is 0 Å². The summed E-state index contributed by atoms with van der Waals surface area (Å²) in [5.74, 6) is -0.304. The lowest BCUT2D eigenvalue weighted by Crippen LogP contribution is -2.40. The van der Waals surface area contributed by atoms with Crippen molar-refractivity contribution < 1.29 is 27.7 Å². The van der Waals surface area contributed by atoms with Gasteiger partial charge in [0.05, 0.1) is 11.9 Å². The van der Waals surface area contributed by atoms with E-state index in [0.29, 0.717) is 32.2 Å². The Morgan fingerprint density at radius 2 is 1.60 bits per heavy atom. The summed E-state index contributed by atoms with van der Waals surface area (Å²) >= 11 is 0. The number of hydroxylamine groups is 2. The summed E-state index contributed by atoms with van der Waals surface area (Å²) in [6.45, 7) is 0.877. The number of hydrogen-bond donors (Lipinski definition) is 3. The van der Waals surface area contributed by atoms with Crippen molar-refractivity contribution in [2.45, 2.75) is 18.4 Å². The lowest BCUT2D eigenvalue weighted by atomic mass is 9.85. The van der Waals surface area contributed by atoms with Crippen molar-refractivity contribution in [2.24, 2.45) is 0 Å². The molecule has 0 amide bonds.